The highest BCUT2D eigenvalue weighted by atomic mass is 16.5. The standard InChI is InChI=1S/C21H24N4O/c1-24-13-17-11-18(25-6-8-26-9-7-25)3-4-19(17)20(14-24)15-2-5-21-16(10-15)12-22-23-21/h2-5,10-12,20H,6-9,13-14H2,1H3,(H,22,23). The second-order valence-corrected chi connectivity index (χ2v) is 7.45. The zero-order valence-corrected chi connectivity index (χ0v) is 15.1. The monoisotopic (exact) mass is 348 g/mol. The molecule has 5 heteroatoms. The Morgan fingerprint density at radius 2 is 2.00 bits per heavy atom. The lowest BCUT2D eigenvalue weighted by molar-refractivity contribution is 0.122. The molecule has 0 amide bonds. The second-order valence-electron chi connectivity index (χ2n) is 7.45. The number of hydrogen-bond donors (Lipinski definition) is 1. The first-order chi connectivity index (χ1) is 12.8. The van der Waals surface area contributed by atoms with Crippen molar-refractivity contribution in [3.05, 3.63) is 59.3 Å². The van der Waals surface area contributed by atoms with E-state index in [0.717, 1.165) is 44.9 Å². The summed E-state index contributed by atoms with van der Waals surface area (Å²) in [6.07, 6.45) is 1.91. The summed E-state index contributed by atoms with van der Waals surface area (Å²) in [5.41, 5.74) is 6.70. The van der Waals surface area contributed by atoms with Gasteiger partial charge in [0.15, 0.2) is 0 Å². The summed E-state index contributed by atoms with van der Waals surface area (Å²) in [6, 6.07) is 13.7. The quantitative estimate of drug-likeness (QED) is 0.773. The van der Waals surface area contributed by atoms with Crippen LogP contribution in [0.25, 0.3) is 10.9 Å². The lowest BCUT2D eigenvalue weighted by Gasteiger charge is -2.35. The van der Waals surface area contributed by atoms with Gasteiger partial charge in [-0.05, 0) is 48.0 Å². The normalized spacial score (nSPS) is 21.1. The summed E-state index contributed by atoms with van der Waals surface area (Å²) in [5.74, 6) is 0.404. The molecule has 1 aromatic heterocycles. The first kappa shape index (κ1) is 15.9. The summed E-state index contributed by atoms with van der Waals surface area (Å²) in [7, 11) is 2.22. The highest BCUT2D eigenvalue weighted by Crippen LogP contribution is 2.36. The Bertz CT molecular complexity index is 929. The van der Waals surface area contributed by atoms with E-state index in [-0.39, 0.29) is 0 Å². The zero-order valence-electron chi connectivity index (χ0n) is 15.1. The van der Waals surface area contributed by atoms with Crippen molar-refractivity contribution in [3.63, 3.8) is 0 Å². The second kappa shape index (κ2) is 6.41. The molecule has 3 aromatic rings. The fraction of sp³-hybridized carbons (Fsp3) is 0.381. The van der Waals surface area contributed by atoms with Gasteiger partial charge in [-0.15, -0.1) is 0 Å². The van der Waals surface area contributed by atoms with Crippen LogP contribution in [0.4, 0.5) is 5.69 Å². The molecule has 2 aliphatic rings. The molecule has 0 saturated carbocycles. The van der Waals surface area contributed by atoms with Gasteiger partial charge in [0.05, 0.1) is 24.9 Å². The van der Waals surface area contributed by atoms with Crippen molar-refractivity contribution in [3.8, 4) is 0 Å². The Balaban J connectivity index is 1.52. The lowest BCUT2D eigenvalue weighted by atomic mass is 9.84. The number of fused-ring (bicyclic) bond motifs is 2. The Labute approximate surface area is 153 Å². The highest BCUT2D eigenvalue weighted by Gasteiger charge is 2.26. The number of anilines is 1. The van der Waals surface area contributed by atoms with Crippen LogP contribution in [0.3, 0.4) is 0 Å². The maximum atomic E-state index is 5.50. The Kier molecular flexibility index (Phi) is 3.91. The Hall–Kier alpha value is -2.37. The number of benzene rings is 2. The van der Waals surface area contributed by atoms with Crippen LogP contribution in [-0.2, 0) is 11.3 Å². The van der Waals surface area contributed by atoms with Crippen molar-refractivity contribution >= 4 is 16.6 Å². The van der Waals surface area contributed by atoms with Crippen LogP contribution in [0.2, 0.25) is 0 Å². The molecule has 26 heavy (non-hydrogen) atoms. The van der Waals surface area contributed by atoms with Gasteiger partial charge in [-0.25, -0.2) is 0 Å². The van der Waals surface area contributed by atoms with E-state index < -0.39 is 0 Å². The molecule has 2 aromatic carbocycles. The van der Waals surface area contributed by atoms with E-state index in [4.69, 9.17) is 4.74 Å². The minimum Gasteiger partial charge on any atom is -0.378 e. The van der Waals surface area contributed by atoms with Gasteiger partial charge in [0.1, 0.15) is 0 Å². The minimum atomic E-state index is 0.404. The highest BCUT2D eigenvalue weighted by molar-refractivity contribution is 5.79. The van der Waals surface area contributed by atoms with Crippen LogP contribution >= 0.6 is 0 Å². The third kappa shape index (κ3) is 2.77. The number of likely N-dealkylation sites (N-methyl/N-ethyl adjacent to an activating group) is 1. The number of nitrogens with zero attached hydrogens (tertiary/aromatic N) is 3. The maximum absolute atomic E-state index is 5.50. The van der Waals surface area contributed by atoms with Crippen LogP contribution in [0.15, 0.2) is 42.6 Å². The predicted octanol–water partition coefficient (Wildman–Crippen LogP) is 2.98. The summed E-state index contributed by atoms with van der Waals surface area (Å²) in [4.78, 5) is 4.86. The van der Waals surface area contributed by atoms with Crippen LogP contribution in [0.1, 0.15) is 22.6 Å². The van der Waals surface area contributed by atoms with Crippen LogP contribution in [0.5, 0.6) is 0 Å². The smallest absolute Gasteiger partial charge is 0.0650 e. The third-order valence-corrected chi connectivity index (χ3v) is 5.68. The first-order valence-electron chi connectivity index (χ1n) is 9.35. The summed E-state index contributed by atoms with van der Waals surface area (Å²) in [6.45, 7) is 5.67. The third-order valence-electron chi connectivity index (χ3n) is 5.68. The number of rotatable bonds is 2. The SMILES string of the molecule is CN1Cc2cc(N3CCOCC3)ccc2C(c2ccc3[nH]ncc3c2)C1. The van der Waals surface area contributed by atoms with Gasteiger partial charge in [0.2, 0.25) is 0 Å². The average molecular weight is 348 g/mol. The van der Waals surface area contributed by atoms with Gasteiger partial charge >= 0.3 is 0 Å². The van der Waals surface area contributed by atoms with E-state index in [0.29, 0.717) is 5.92 Å². The predicted molar refractivity (Wildman–Crippen MR) is 104 cm³/mol. The van der Waals surface area contributed by atoms with E-state index >= 15 is 0 Å². The number of nitrogens with one attached hydrogen (secondary N) is 1. The molecule has 0 spiro atoms. The molecular weight excluding hydrogens is 324 g/mol. The van der Waals surface area contributed by atoms with Gasteiger partial charge in [0, 0.05) is 43.2 Å². The van der Waals surface area contributed by atoms with Crippen LogP contribution in [0, 0.1) is 0 Å². The van der Waals surface area contributed by atoms with Crippen LogP contribution in [-0.4, -0.2) is 55.0 Å². The van der Waals surface area contributed by atoms with Crippen molar-refractivity contribution < 1.29 is 4.74 Å². The summed E-state index contributed by atoms with van der Waals surface area (Å²) in [5, 5.41) is 8.39. The molecule has 5 nitrogen and oxygen atoms in total. The molecule has 5 rings (SSSR count). The van der Waals surface area contributed by atoms with Crippen molar-refractivity contribution in [1.82, 2.24) is 15.1 Å². The molecule has 2 aliphatic heterocycles. The fourth-order valence-corrected chi connectivity index (χ4v) is 4.32. The van der Waals surface area contributed by atoms with Gasteiger partial charge in [0.25, 0.3) is 0 Å². The Morgan fingerprint density at radius 3 is 2.88 bits per heavy atom. The number of aromatic amines is 1. The van der Waals surface area contributed by atoms with Crippen molar-refractivity contribution in [2.24, 2.45) is 0 Å². The van der Waals surface area contributed by atoms with Gasteiger partial charge in [-0.1, -0.05) is 12.1 Å². The van der Waals surface area contributed by atoms with E-state index in [1.54, 1.807) is 0 Å². The number of morpholine rings is 1. The van der Waals surface area contributed by atoms with Gasteiger partial charge in [-0.2, -0.15) is 5.10 Å². The zero-order chi connectivity index (χ0) is 17.5. The minimum absolute atomic E-state index is 0.404. The first-order valence-corrected chi connectivity index (χ1v) is 9.35. The van der Waals surface area contributed by atoms with Crippen molar-refractivity contribution in [2.75, 3.05) is 44.8 Å². The number of H-pyrrole nitrogens is 1. The number of aromatic nitrogens is 2. The molecule has 1 N–H and O–H groups in total. The number of ether oxygens (including phenoxy) is 1. The van der Waals surface area contributed by atoms with E-state index in [9.17, 15) is 0 Å². The molecule has 134 valence electrons. The number of hydrogen-bond acceptors (Lipinski definition) is 4. The average Bonchev–Trinajstić information content (AvgIpc) is 3.15. The van der Waals surface area contributed by atoms with Gasteiger partial charge in [-0.3, -0.25) is 5.10 Å². The molecule has 1 saturated heterocycles. The summed E-state index contributed by atoms with van der Waals surface area (Å²) >= 11 is 0. The Morgan fingerprint density at radius 1 is 1.12 bits per heavy atom. The van der Waals surface area contributed by atoms with E-state index in [2.05, 4.69) is 63.4 Å². The van der Waals surface area contributed by atoms with Gasteiger partial charge < -0.3 is 14.5 Å². The van der Waals surface area contributed by atoms with E-state index in [1.807, 2.05) is 6.20 Å². The van der Waals surface area contributed by atoms with E-state index in [1.165, 1.54) is 27.8 Å². The molecule has 1 atom stereocenters. The molecule has 0 radical (unpaired) electrons. The van der Waals surface area contributed by atoms with Crippen molar-refractivity contribution in [2.45, 2.75) is 12.5 Å². The molecule has 0 aliphatic carbocycles. The van der Waals surface area contributed by atoms with Crippen molar-refractivity contribution in [1.29, 1.82) is 0 Å². The van der Waals surface area contributed by atoms with Crippen LogP contribution < -0.4 is 4.90 Å². The largest absolute Gasteiger partial charge is 0.378 e. The topological polar surface area (TPSA) is 44.4 Å². The lowest BCUT2D eigenvalue weighted by Crippen LogP contribution is -2.36. The molecule has 1 fully saturated rings. The molecule has 1 unspecified atom stereocenters. The maximum Gasteiger partial charge on any atom is 0.0650 e. The fourth-order valence-electron chi connectivity index (χ4n) is 4.32. The molecule has 3 heterocycles. The molecular formula is C21H24N4O. The summed E-state index contributed by atoms with van der Waals surface area (Å²) < 4.78 is 5.50. The molecule has 0 bridgehead atoms.